The predicted molar refractivity (Wildman–Crippen MR) is 120 cm³/mol. The molecule has 0 radical (unpaired) electrons. The Morgan fingerprint density at radius 3 is 2.29 bits per heavy atom. The van der Waals surface area contributed by atoms with Crippen LogP contribution < -0.4 is 30.2 Å². The second-order valence-electron chi connectivity index (χ2n) is 8.11. The van der Waals surface area contributed by atoms with Crippen molar-refractivity contribution in [1.29, 1.82) is 0 Å². The third-order valence-electron chi connectivity index (χ3n) is 5.17. The Bertz CT molecular complexity index is 1130. The summed E-state index contributed by atoms with van der Waals surface area (Å²) < 4.78 is 88.5. The predicted octanol–water partition coefficient (Wildman–Crippen LogP) is 4.33. The summed E-state index contributed by atoms with van der Waals surface area (Å²) in [5, 5.41) is 16.3. The van der Waals surface area contributed by atoms with Gasteiger partial charge in [0.15, 0.2) is 0 Å². The highest BCUT2D eigenvalue weighted by Crippen LogP contribution is 2.32. The van der Waals surface area contributed by atoms with Crippen LogP contribution in [0.5, 0.6) is 17.2 Å². The van der Waals surface area contributed by atoms with Crippen molar-refractivity contribution in [2.45, 2.75) is 44.1 Å². The summed E-state index contributed by atoms with van der Waals surface area (Å²) in [4.78, 5) is 24.7. The molecule has 0 aliphatic heterocycles. The minimum absolute atomic E-state index is 0.0217. The van der Waals surface area contributed by atoms with Crippen molar-refractivity contribution in [2.75, 3.05) is 18.5 Å². The number of aliphatic hydroxyl groups is 1. The van der Waals surface area contributed by atoms with E-state index in [-0.39, 0.29) is 30.0 Å². The van der Waals surface area contributed by atoms with Crippen LogP contribution in [0.25, 0.3) is 0 Å². The summed E-state index contributed by atoms with van der Waals surface area (Å²) in [6.07, 6.45) is -9.20. The average molecular weight is 551 g/mol. The fraction of sp³-hybridized carbons (Fsp3) is 0.391. The molecule has 2 aromatic rings. The highest BCUT2D eigenvalue weighted by atomic mass is 19.4. The van der Waals surface area contributed by atoms with Gasteiger partial charge in [0.05, 0.1) is 12.2 Å². The summed E-state index contributed by atoms with van der Waals surface area (Å²) in [6, 6.07) is 6.66. The van der Waals surface area contributed by atoms with E-state index < -0.39 is 54.9 Å². The first kappa shape index (κ1) is 28.7. The van der Waals surface area contributed by atoms with Crippen molar-refractivity contribution in [3.8, 4) is 17.2 Å². The van der Waals surface area contributed by atoms with Crippen LogP contribution in [0.4, 0.5) is 36.8 Å². The number of nitrogens with one attached hydrogen (secondary N) is 3. The molecule has 208 valence electrons. The molecule has 0 saturated heterocycles. The molecule has 1 aliphatic rings. The number of halogens is 6. The molecule has 1 aliphatic carbocycles. The molecule has 4 N–H and O–H groups in total. The van der Waals surface area contributed by atoms with E-state index in [2.05, 4.69) is 25.4 Å². The Balaban J connectivity index is 1.60. The summed E-state index contributed by atoms with van der Waals surface area (Å²) in [5.41, 5.74) is -0.176. The van der Waals surface area contributed by atoms with Crippen molar-refractivity contribution < 1.29 is 55.2 Å². The topological polar surface area (TPSA) is 118 Å². The zero-order chi connectivity index (χ0) is 27.9. The first-order chi connectivity index (χ1) is 17.8. The SMILES string of the molecule is O=C(Nc1cccc(OC(F)(F)F)c1)NC1CCC(Oc2ccc(OC(F)(F)F)cc2C(=O)NCCO)C1. The van der Waals surface area contributed by atoms with Gasteiger partial charge in [-0.25, -0.2) is 4.79 Å². The quantitative estimate of drug-likeness (QED) is 0.345. The maximum absolute atomic E-state index is 12.6. The molecular weight excluding hydrogens is 528 g/mol. The van der Waals surface area contributed by atoms with Gasteiger partial charge in [-0.3, -0.25) is 4.79 Å². The molecule has 0 aromatic heterocycles. The molecule has 9 nitrogen and oxygen atoms in total. The molecule has 1 fully saturated rings. The van der Waals surface area contributed by atoms with E-state index in [0.717, 1.165) is 30.3 Å². The van der Waals surface area contributed by atoms with Crippen LogP contribution in [0.15, 0.2) is 42.5 Å². The van der Waals surface area contributed by atoms with Gasteiger partial charge in [0.1, 0.15) is 23.4 Å². The van der Waals surface area contributed by atoms with Crippen molar-refractivity contribution in [3.63, 3.8) is 0 Å². The van der Waals surface area contributed by atoms with Crippen molar-refractivity contribution >= 4 is 17.6 Å². The molecule has 2 aromatic carbocycles. The molecule has 3 rings (SSSR count). The van der Waals surface area contributed by atoms with Crippen LogP contribution in [-0.4, -0.2) is 55.1 Å². The van der Waals surface area contributed by atoms with Gasteiger partial charge in [0.2, 0.25) is 0 Å². The van der Waals surface area contributed by atoms with Crippen LogP contribution in [-0.2, 0) is 0 Å². The van der Waals surface area contributed by atoms with E-state index >= 15 is 0 Å². The van der Waals surface area contributed by atoms with E-state index in [4.69, 9.17) is 9.84 Å². The largest absolute Gasteiger partial charge is 0.573 e. The minimum Gasteiger partial charge on any atom is -0.490 e. The van der Waals surface area contributed by atoms with Gasteiger partial charge >= 0.3 is 18.8 Å². The van der Waals surface area contributed by atoms with Crippen LogP contribution in [0.2, 0.25) is 0 Å². The lowest BCUT2D eigenvalue weighted by atomic mass is 10.1. The molecule has 2 atom stereocenters. The fourth-order valence-electron chi connectivity index (χ4n) is 3.73. The summed E-state index contributed by atoms with van der Waals surface area (Å²) in [5.74, 6) is -1.95. The molecule has 0 heterocycles. The van der Waals surface area contributed by atoms with Gasteiger partial charge in [0, 0.05) is 30.8 Å². The number of benzene rings is 2. The van der Waals surface area contributed by atoms with Crippen LogP contribution in [0.3, 0.4) is 0 Å². The Labute approximate surface area is 212 Å². The molecule has 0 bridgehead atoms. The summed E-state index contributed by atoms with van der Waals surface area (Å²) in [7, 11) is 0. The maximum Gasteiger partial charge on any atom is 0.573 e. The summed E-state index contributed by atoms with van der Waals surface area (Å²) in [6.45, 7) is -0.531. The number of urea groups is 1. The van der Waals surface area contributed by atoms with E-state index in [0.29, 0.717) is 12.8 Å². The lowest BCUT2D eigenvalue weighted by molar-refractivity contribution is -0.275. The Morgan fingerprint density at radius 1 is 0.947 bits per heavy atom. The standard InChI is InChI=1S/C23H23F6N3O6/c24-22(25,26)37-16-3-1-2-13(11-16)31-21(35)32-14-4-5-15(10-14)36-19-7-6-17(38-23(27,28)29)12-18(19)20(34)30-8-9-33/h1-3,6-7,11-12,14-15,33H,4-5,8-10H2,(H,30,34)(H2,31,32,35). The van der Waals surface area contributed by atoms with Crippen LogP contribution in [0, 0.1) is 0 Å². The highest BCUT2D eigenvalue weighted by molar-refractivity contribution is 5.97. The van der Waals surface area contributed by atoms with Gasteiger partial charge in [-0.15, -0.1) is 26.3 Å². The number of hydrogen-bond donors (Lipinski definition) is 4. The molecule has 0 spiro atoms. The van der Waals surface area contributed by atoms with Crippen LogP contribution >= 0.6 is 0 Å². The Hall–Kier alpha value is -3.88. The van der Waals surface area contributed by atoms with Gasteiger partial charge in [-0.2, -0.15) is 0 Å². The van der Waals surface area contributed by atoms with Gasteiger partial charge in [-0.05, 0) is 43.2 Å². The number of carbonyl (C=O) groups excluding carboxylic acids is 2. The minimum atomic E-state index is -4.97. The van der Waals surface area contributed by atoms with Crippen molar-refractivity contribution in [1.82, 2.24) is 10.6 Å². The number of rotatable bonds is 9. The summed E-state index contributed by atoms with van der Waals surface area (Å²) >= 11 is 0. The molecule has 15 heteroatoms. The van der Waals surface area contributed by atoms with Gasteiger partial charge in [0.25, 0.3) is 5.91 Å². The Morgan fingerprint density at radius 2 is 1.63 bits per heavy atom. The van der Waals surface area contributed by atoms with Crippen molar-refractivity contribution in [2.24, 2.45) is 0 Å². The first-order valence-electron chi connectivity index (χ1n) is 11.2. The van der Waals surface area contributed by atoms with E-state index in [9.17, 15) is 35.9 Å². The maximum atomic E-state index is 12.6. The number of alkyl halides is 6. The monoisotopic (exact) mass is 551 g/mol. The fourth-order valence-corrected chi connectivity index (χ4v) is 3.73. The number of aliphatic hydroxyl groups excluding tert-OH is 1. The van der Waals surface area contributed by atoms with Crippen LogP contribution in [0.1, 0.15) is 29.6 Å². The smallest absolute Gasteiger partial charge is 0.490 e. The first-order valence-corrected chi connectivity index (χ1v) is 11.2. The molecule has 3 amide bonds. The number of hydrogen-bond acceptors (Lipinski definition) is 6. The zero-order valence-corrected chi connectivity index (χ0v) is 19.5. The van der Waals surface area contributed by atoms with E-state index in [1.807, 2.05) is 0 Å². The normalized spacial score (nSPS) is 17.4. The zero-order valence-electron chi connectivity index (χ0n) is 19.5. The second kappa shape index (κ2) is 12.1. The number of anilines is 1. The average Bonchev–Trinajstić information content (AvgIpc) is 3.23. The highest BCUT2D eigenvalue weighted by Gasteiger charge is 2.33. The third kappa shape index (κ3) is 9.21. The van der Waals surface area contributed by atoms with Crippen molar-refractivity contribution in [3.05, 3.63) is 48.0 Å². The number of amides is 3. The van der Waals surface area contributed by atoms with E-state index in [1.165, 1.54) is 12.1 Å². The lowest BCUT2D eigenvalue weighted by Gasteiger charge is -2.19. The number of carbonyl (C=O) groups is 2. The van der Waals surface area contributed by atoms with Gasteiger partial charge < -0.3 is 35.3 Å². The molecule has 1 saturated carbocycles. The Kier molecular flexibility index (Phi) is 9.14. The van der Waals surface area contributed by atoms with Gasteiger partial charge in [-0.1, -0.05) is 6.07 Å². The lowest BCUT2D eigenvalue weighted by Crippen LogP contribution is -2.37. The molecule has 2 unspecified atom stereocenters. The number of ether oxygens (including phenoxy) is 3. The third-order valence-corrected chi connectivity index (χ3v) is 5.17. The molecular formula is C23H23F6N3O6. The molecule has 38 heavy (non-hydrogen) atoms. The van der Waals surface area contributed by atoms with E-state index in [1.54, 1.807) is 0 Å². The second-order valence-corrected chi connectivity index (χ2v) is 8.11.